The predicted octanol–water partition coefficient (Wildman–Crippen LogP) is 3.89. The summed E-state index contributed by atoms with van der Waals surface area (Å²) in [5.41, 5.74) is 1.54. The number of hydrogen-bond acceptors (Lipinski definition) is 5. The molecule has 1 heterocycles. The minimum atomic E-state index is -0.303. The predicted molar refractivity (Wildman–Crippen MR) is 84.6 cm³/mol. The van der Waals surface area contributed by atoms with Crippen LogP contribution in [0, 0.1) is 5.82 Å². The molecule has 5 nitrogen and oxygen atoms in total. The monoisotopic (exact) mass is 313 g/mol. The molecule has 23 heavy (non-hydrogen) atoms. The highest BCUT2D eigenvalue weighted by Crippen LogP contribution is 2.24. The van der Waals surface area contributed by atoms with E-state index in [2.05, 4.69) is 15.5 Å². The zero-order chi connectivity index (χ0) is 16.1. The molecule has 0 bridgehead atoms. The van der Waals surface area contributed by atoms with Crippen LogP contribution in [0.15, 0.2) is 52.9 Å². The van der Waals surface area contributed by atoms with Crippen molar-refractivity contribution >= 4 is 5.69 Å². The first-order chi connectivity index (χ1) is 11.3. The number of nitrogens with zero attached hydrogens (tertiary/aromatic N) is 2. The molecule has 3 rings (SSSR count). The molecule has 6 heteroatoms. The zero-order valence-corrected chi connectivity index (χ0v) is 12.6. The van der Waals surface area contributed by atoms with Crippen LogP contribution in [0.2, 0.25) is 0 Å². The van der Waals surface area contributed by atoms with Crippen LogP contribution in [0.3, 0.4) is 0 Å². The van der Waals surface area contributed by atoms with Gasteiger partial charge in [0.25, 0.3) is 0 Å². The molecule has 118 valence electrons. The van der Waals surface area contributed by atoms with Gasteiger partial charge in [0, 0.05) is 5.56 Å². The van der Waals surface area contributed by atoms with Crippen molar-refractivity contribution in [2.45, 2.75) is 13.5 Å². The topological polar surface area (TPSA) is 60.2 Å². The summed E-state index contributed by atoms with van der Waals surface area (Å²) in [5.74, 6) is 1.27. The highest BCUT2D eigenvalue weighted by Gasteiger charge is 2.09. The number of rotatable bonds is 6. The third-order valence-electron chi connectivity index (χ3n) is 3.17. The summed E-state index contributed by atoms with van der Waals surface area (Å²) in [6, 6.07) is 13.6. The fourth-order valence-electron chi connectivity index (χ4n) is 2.10. The summed E-state index contributed by atoms with van der Waals surface area (Å²) in [5, 5.41) is 11.2. The van der Waals surface area contributed by atoms with E-state index in [-0.39, 0.29) is 5.82 Å². The Labute approximate surface area is 133 Å². The Kier molecular flexibility index (Phi) is 4.52. The molecule has 0 spiro atoms. The van der Waals surface area contributed by atoms with E-state index in [0.29, 0.717) is 30.5 Å². The van der Waals surface area contributed by atoms with Crippen LogP contribution >= 0.6 is 0 Å². The maximum atomic E-state index is 12.9. The number of aromatic nitrogens is 2. The summed E-state index contributed by atoms with van der Waals surface area (Å²) >= 11 is 0. The number of halogens is 1. The second-order valence-electron chi connectivity index (χ2n) is 4.79. The average molecular weight is 313 g/mol. The van der Waals surface area contributed by atoms with Gasteiger partial charge in [0.15, 0.2) is 0 Å². The molecule has 1 N–H and O–H groups in total. The van der Waals surface area contributed by atoms with Gasteiger partial charge in [-0.25, -0.2) is 4.39 Å². The molecule has 0 amide bonds. The van der Waals surface area contributed by atoms with E-state index >= 15 is 0 Å². The van der Waals surface area contributed by atoms with E-state index < -0.39 is 0 Å². The van der Waals surface area contributed by atoms with Crippen LogP contribution in [0.5, 0.6) is 5.75 Å². The summed E-state index contributed by atoms with van der Waals surface area (Å²) in [6.07, 6.45) is 0. The Bertz CT molecular complexity index is 772. The van der Waals surface area contributed by atoms with Crippen molar-refractivity contribution < 1.29 is 13.5 Å². The highest BCUT2D eigenvalue weighted by atomic mass is 19.1. The summed E-state index contributed by atoms with van der Waals surface area (Å²) in [7, 11) is 0. The quantitative estimate of drug-likeness (QED) is 0.748. The van der Waals surface area contributed by atoms with Gasteiger partial charge in [-0.15, -0.1) is 10.2 Å². The molecule has 1 aromatic heterocycles. The van der Waals surface area contributed by atoms with Crippen LogP contribution in [-0.2, 0) is 6.54 Å². The molecule has 0 saturated heterocycles. The van der Waals surface area contributed by atoms with E-state index in [1.54, 1.807) is 12.1 Å². The highest BCUT2D eigenvalue weighted by molar-refractivity contribution is 5.56. The van der Waals surface area contributed by atoms with Gasteiger partial charge in [-0.05, 0) is 43.3 Å². The molecule has 0 radical (unpaired) electrons. The van der Waals surface area contributed by atoms with Crippen molar-refractivity contribution in [1.82, 2.24) is 10.2 Å². The largest absolute Gasteiger partial charge is 0.492 e. The number of nitrogens with one attached hydrogen (secondary N) is 1. The van der Waals surface area contributed by atoms with E-state index in [1.165, 1.54) is 12.1 Å². The molecule has 0 unspecified atom stereocenters. The first-order valence-electron chi connectivity index (χ1n) is 7.30. The van der Waals surface area contributed by atoms with E-state index in [9.17, 15) is 4.39 Å². The lowest BCUT2D eigenvalue weighted by Gasteiger charge is -2.10. The van der Waals surface area contributed by atoms with E-state index in [4.69, 9.17) is 9.15 Å². The SMILES string of the molecule is CCOc1ccccc1NCc1nnc(-c2ccc(F)cc2)o1. The maximum absolute atomic E-state index is 12.9. The Morgan fingerprint density at radius 2 is 1.87 bits per heavy atom. The molecule has 0 saturated carbocycles. The van der Waals surface area contributed by atoms with E-state index in [0.717, 1.165) is 11.4 Å². The fraction of sp³-hybridized carbons (Fsp3) is 0.176. The van der Waals surface area contributed by atoms with Gasteiger partial charge in [-0.3, -0.25) is 0 Å². The first kappa shape index (κ1) is 15.0. The Morgan fingerprint density at radius 3 is 2.65 bits per heavy atom. The average Bonchev–Trinajstić information content (AvgIpc) is 3.04. The van der Waals surface area contributed by atoms with Crippen molar-refractivity contribution in [3.63, 3.8) is 0 Å². The zero-order valence-electron chi connectivity index (χ0n) is 12.6. The van der Waals surface area contributed by atoms with Gasteiger partial charge in [-0.2, -0.15) is 0 Å². The van der Waals surface area contributed by atoms with Gasteiger partial charge in [0.2, 0.25) is 11.8 Å². The van der Waals surface area contributed by atoms with Gasteiger partial charge in [-0.1, -0.05) is 12.1 Å². The van der Waals surface area contributed by atoms with Crippen LogP contribution in [-0.4, -0.2) is 16.8 Å². The Hall–Kier alpha value is -2.89. The molecule has 3 aromatic rings. The normalized spacial score (nSPS) is 10.5. The van der Waals surface area contributed by atoms with Crippen molar-refractivity contribution in [2.24, 2.45) is 0 Å². The van der Waals surface area contributed by atoms with Crippen LogP contribution in [0.4, 0.5) is 10.1 Å². The standard InChI is InChI=1S/C17H16FN3O2/c1-2-22-15-6-4-3-5-14(15)19-11-16-20-21-17(23-16)12-7-9-13(18)10-8-12/h3-10,19H,2,11H2,1H3. The van der Waals surface area contributed by atoms with Crippen molar-refractivity contribution in [3.8, 4) is 17.2 Å². The number of benzene rings is 2. The van der Waals surface area contributed by atoms with Crippen molar-refractivity contribution in [1.29, 1.82) is 0 Å². The van der Waals surface area contributed by atoms with Crippen LogP contribution in [0.25, 0.3) is 11.5 Å². The molecule has 0 aliphatic heterocycles. The lowest BCUT2D eigenvalue weighted by Crippen LogP contribution is -2.02. The van der Waals surface area contributed by atoms with Crippen LogP contribution < -0.4 is 10.1 Å². The summed E-state index contributed by atoms with van der Waals surface area (Å²) in [6.45, 7) is 2.90. The molecular weight excluding hydrogens is 297 g/mol. The van der Waals surface area contributed by atoms with Crippen molar-refractivity contribution in [3.05, 3.63) is 60.2 Å². The van der Waals surface area contributed by atoms with Gasteiger partial charge in [0.05, 0.1) is 18.8 Å². The van der Waals surface area contributed by atoms with E-state index in [1.807, 2.05) is 31.2 Å². The number of para-hydroxylation sites is 2. The molecule has 0 atom stereocenters. The Morgan fingerprint density at radius 1 is 1.09 bits per heavy atom. The maximum Gasteiger partial charge on any atom is 0.247 e. The van der Waals surface area contributed by atoms with Crippen LogP contribution in [0.1, 0.15) is 12.8 Å². The fourth-order valence-corrected chi connectivity index (χ4v) is 2.10. The van der Waals surface area contributed by atoms with Crippen molar-refractivity contribution in [2.75, 3.05) is 11.9 Å². The smallest absolute Gasteiger partial charge is 0.247 e. The molecular formula is C17H16FN3O2. The van der Waals surface area contributed by atoms with Gasteiger partial charge >= 0.3 is 0 Å². The number of ether oxygens (including phenoxy) is 1. The molecule has 0 aliphatic carbocycles. The Balaban J connectivity index is 1.69. The molecule has 2 aromatic carbocycles. The number of hydrogen-bond donors (Lipinski definition) is 1. The minimum absolute atomic E-state index is 0.303. The third-order valence-corrected chi connectivity index (χ3v) is 3.17. The lowest BCUT2D eigenvalue weighted by atomic mass is 10.2. The summed E-state index contributed by atoms with van der Waals surface area (Å²) in [4.78, 5) is 0. The second kappa shape index (κ2) is 6.91. The lowest BCUT2D eigenvalue weighted by molar-refractivity contribution is 0.341. The molecule has 0 aliphatic rings. The number of anilines is 1. The van der Waals surface area contributed by atoms with Gasteiger partial charge in [0.1, 0.15) is 11.6 Å². The second-order valence-corrected chi connectivity index (χ2v) is 4.79. The molecule has 0 fully saturated rings. The summed E-state index contributed by atoms with van der Waals surface area (Å²) < 4.78 is 24.1. The third kappa shape index (κ3) is 3.66. The first-order valence-corrected chi connectivity index (χ1v) is 7.30. The van der Waals surface area contributed by atoms with Gasteiger partial charge < -0.3 is 14.5 Å². The minimum Gasteiger partial charge on any atom is -0.492 e.